The predicted octanol–water partition coefficient (Wildman–Crippen LogP) is 1.75. The maximum atomic E-state index is 12.5. The maximum Gasteiger partial charge on any atom is 0.255 e. The summed E-state index contributed by atoms with van der Waals surface area (Å²) in [4.78, 5) is 14.4. The van der Waals surface area contributed by atoms with Crippen LogP contribution < -0.4 is 0 Å². The van der Waals surface area contributed by atoms with Crippen molar-refractivity contribution >= 4 is 5.91 Å². The molecule has 0 saturated carbocycles. The van der Waals surface area contributed by atoms with Gasteiger partial charge in [0.05, 0.1) is 12.2 Å². The summed E-state index contributed by atoms with van der Waals surface area (Å²) in [6.45, 7) is 6.45. The number of carbonyl (C=O) groups is 1. The van der Waals surface area contributed by atoms with Gasteiger partial charge in [-0.2, -0.15) is 0 Å². The summed E-state index contributed by atoms with van der Waals surface area (Å²) in [5, 5.41) is 0. The fraction of sp³-hybridized carbons (Fsp3) is 0.643. The smallest absolute Gasteiger partial charge is 0.255 e. The van der Waals surface area contributed by atoms with Gasteiger partial charge in [0, 0.05) is 44.6 Å². The van der Waals surface area contributed by atoms with Crippen molar-refractivity contribution in [3.63, 3.8) is 0 Å². The number of aryl methyl sites for hydroxylation is 1. The summed E-state index contributed by atoms with van der Waals surface area (Å²) in [5.74, 6) is 0.652. The van der Waals surface area contributed by atoms with Crippen LogP contribution in [0.4, 0.5) is 0 Å². The number of ether oxygens (including phenoxy) is 1. The van der Waals surface area contributed by atoms with E-state index in [-0.39, 0.29) is 5.91 Å². The Hall–Kier alpha value is -1.29. The minimum absolute atomic E-state index is 0.162. The zero-order valence-electron chi connectivity index (χ0n) is 11.7. The Labute approximate surface area is 109 Å². The third-order valence-electron chi connectivity index (χ3n) is 3.98. The van der Waals surface area contributed by atoms with Crippen molar-refractivity contribution in [3.8, 4) is 0 Å². The highest BCUT2D eigenvalue weighted by Crippen LogP contribution is 2.21. The number of aromatic nitrogens is 1. The van der Waals surface area contributed by atoms with Gasteiger partial charge < -0.3 is 14.2 Å². The molecule has 1 amide bonds. The van der Waals surface area contributed by atoms with E-state index < -0.39 is 0 Å². The third kappa shape index (κ3) is 2.29. The molecule has 0 N–H and O–H groups in total. The van der Waals surface area contributed by atoms with Crippen molar-refractivity contribution in [2.45, 2.75) is 20.3 Å². The molecule has 2 rings (SSSR count). The van der Waals surface area contributed by atoms with Gasteiger partial charge in [-0.25, -0.2) is 0 Å². The van der Waals surface area contributed by atoms with Crippen LogP contribution in [-0.2, 0) is 11.8 Å². The average Bonchev–Trinajstić information content (AvgIpc) is 2.90. The molecular weight excluding hydrogens is 228 g/mol. The molecule has 1 aliphatic rings. The first-order chi connectivity index (χ1) is 8.54. The molecule has 4 heteroatoms. The van der Waals surface area contributed by atoms with Crippen LogP contribution >= 0.6 is 0 Å². The number of carbonyl (C=O) groups excluding carboxylic acids is 1. The summed E-state index contributed by atoms with van der Waals surface area (Å²) < 4.78 is 7.23. The Morgan fingerprint density at radius 1 is 1.50 bits per heavy atom. The fourth-order valence-corrected chi connectivity index (χ4v) is 2.63. The molecule has 1 aliphatic heterocycles. The largest absolute Gasteiger partial charge is 0.384 e. The number of likely N-dealkylation sites (tertiary alicyclic amines) is 1. The van der Waals surface area contributed by atoms with Gasteiger partial charge in [0.25, 0.3) is 5.91 Å². The van der Waals surface area contributed by atoms with E-state index in [0.717, 1.165) is 43.1 Å². The third-order valence-corrected chi connectivity index (χ3v) is 3.98. The van der Waals surface area contributed by atoms with Crippen molar-refractivity contribution in [3.05, 3.63) is 23.0 Å². The van der Waals surface area contributed by atoms with Crippen LogP contribution in [0.15, 0.2) is 6.07 Å². The molecule has 0 spiro atoms. The highest BCUT2D eigenvalue weighted by molar-refractivity contribution is 5.95. The number of methoxy groups -OCH3 is 1. The highest BCUT2D eigenvalue weighted by atomic mass is 16.5. The van der Waals surface area contributed by atoms with Crippen LogP contribution in [0.5, 0.6) is 0 Å². The predicted molar refractivity (Wildman–Crippen MR) is 70.8 cm³/mol. The van der Waals surface area contributed by atoms with Gasteiger partial charge in [-0.15, -0.1) is 0 Å². The van der Waals surface area contributed by atoms with Crippen molar-refractivity contribution in [2.75, 3.05) is 26.8 Å². The lowest BCUT2D eigenvalue weighted by Crippen LogP contribution is -2.29. The first kappa shape index (κ1) is 13.1. The van der Waals surface area contributed by atoms with E-state index in [2.05, 4.69) is 4.57 Å². The molecule has 1 fully saturated rings. The number of nitrogens with zero attached hydrogens (tertiary/aromatic N) is 2. The maximum absolute atomic E-state index is 12.5. The van der Waals surface area contributed by atoms with Crippen LogP contribution in [0.3, 0.4) is 0 Å². The molecule has 1 atom stereocenters. The second-order valence-corrected chi connectivity index (χ2v) is 5.21. The van der Waals surface area contributed by atoms with Crippen LogP contribution in [0, 0.1) is 19.8 Å². The first-order valence-electron chi connectivity index (χ1n) is 6.45. The van der Waals surface area contributed by atoms with Gasteiger partial charge in [-0.05, 0) is 26.3 Å². The topological polar surface area (TPSA) is 34.5 Å². The number of rotatable bonds is 3. The molecule has 0 aromatic carbocycles. The molecule has 1 aromatic heterocycles. The molecule has 18 heavy (non-hydrogen) atoms. The Morgan fingerprint density at radius 3 is 2.78 bits per heavy atom. The number of amides is 1. The summed E-state index contributed by atoms with van der Waals surface area (Å²) in [7, 11) is 3.72. The zero-order valence-corrected chi connectivity index (χ0v) is 11.7. The quantitative estimate of drug-likeness (QED) is 0.819. The molecule has 1 aromatic rings. The first-order valence-corrected chi connectivity index (χ1v) is 6.45. The number of hydrogen-bond donors (Lipinski definition) is 0. The molecule has 4 nitrogen and oxygen atoms in total. The Balaban J connectivity index is 2.10. The number of hydrogen-bond acceptors (Lipinski definition) is 2. The fourth-order valence-electron chi connectivity index (χ4n) is 2.63. The molecule has 2 heterocycles. The molecule has 100 valence electrons. The van der Waals surface area contributed by atoms with Crippen molar-refractivity contribution in [2.24, 2.45) is 13.0 Å². The van der Waals surface area contributed by atoms with Crippen molar-refractivity contribution in [1.29, 1.82) is 0 Å². The van der Waals surface area contributed by atoms with Crippen LogP contribution in [0.2, 0.25) is 0 Å². The summed E-state index contributed by atoms with van der Waals surface area (Å²) >= 11 is 0. The van der Waals surface area contributed by atoms with Gasteiger partial charge in [-0.1, -0.05) is 0 Å². The van der Waals surface area contributed by atoms with E-state index in [0.29, 0.717) is 5.92 Å². The van der Waals surface area contributed by atoms with Gasteiger partial charge in [-0.3, -0.25) is 4.79 Å². The van der Waals surface area contributed by atoms with Crippen molar-refractivity contribution in [1.82, 2.24) is 9.47 Å². The van der Waals surface area contributed by atoms with Gasteiger partial charge in [0.1, 0.15) is 0 Å². The van der Waals surface area contributed by atoms with E-state index in [1.54, 1.807) is 7.11 Å². The molecule has 0 aliphatic carbocycles. The lowest BCUT2D eigenvalue weighted by atomic mass is 10.1. The summed E-state index contributed by atoms with van der Waals surface area (Å²) in [5.41, 5.74) is 3.02. The molecular formula is C14H22N2O2. The second-order valence-electron chi connectivity index (χ2n) is 5.21. The Bertz CT molecular complexity index is 451. The average molecular weight is 250 g/mol. The summed E-state index contributed by atoms with van der Waals surface area (Å²) in [6, 6.07) is 1.99. The normalized spacial score (nSPS) is 19.6. The van der Waals surface area contributed by atoms with Crippen molar-refractivity contribution < 1.29 is 9.53 Å². The molecule has 0 unspecified atom stereocenters. The minimum atomic E-state index is 0.162. The van der Waals surface area contributed by atoms with E-state index in [4.69, 9.17) is 4.74 Å². The van der Waals surface area contributed by atoms with Gasteiger partial charge in [0.15, 0.2) is 0 Å². The molecule has 1 saturated heterocycles. The zero-order chi connectivity index (χ0) is 13.3. The lowest BCUT2D eigenvalue weighted by Gasteiger charge is -2.16. The lowest BCUT2D eigenvalue weighted by molar-refractivity contribution is 0.0774. The van der Waals surface area contributed by atoms with Crippen LogP contribution in [-0.4, -0.2) is 42.2 Å². The summed E-state index contributed by atoms with van der Waals surface area (Å²) in [6.07, 6.45) is 1.05. The SMILES string of the molecule is COC[C@H]1CCN(C(=O)c2cc(C)n(C)c2C)C1. The van der Waals surface area contributed by atoms with Gasteiger partial charge in [0.2, 0.25) is 0 Å². The van der Waals surface area contributed by atoms with Crippen LogP contribution in [0.1, 0.15) is 28.2 Å². The van der Waals surface area contributed by atoms with Crippen LogP contribution in [0.25, 0.3) is 0 Å². The Morgan fingerprint density at radius 2 is 2.22 bits per heavy atom. The second kappa shape index (κ2) is 5.14. The minimum Gasteiger partial charge on any atom is -0.384 e. The molecule has 0 bridgehead atoms. The van der Waals surface area contributed by atoms with E-state index in [1.807, 2.05) is 31.9 Å². The van der Waals surface area contributed by atoms with E-state index in [9.17, 15) is 4.79 Å². The van der Waals surface area contributed by atoms with Gasteiger partial charge >= 0.3 is 0 Å². The molecule has 0 radical (unpaired) electrons. The standard InChI is InChI=1S/C14H22N2O2/c1-10-7-13(11(2)15(10)3)14(17)16-6-5-12(8-16)9-18-4/h7,12H,5-6,8-9H2,1-4H3/t12-/m0/s1. The Kier molecular flexibility index (Phi) is 3.76. The highest BCUT2D eigenvalue weighted by Gasteiger charge is 2.28. The van der Waals surface area contributed by atoms with E-state index >= 15 is 0 Å². The van der Waals surface area contributed by atoms with E-state index in [1.165, 1.54) is 0 Å². The monoisotopic (exact) mass is 250 g/mol.